The van der Waals surface area contributed by atoms with Gasteiger partial charge in [-0.1, -0.05) is 181 Å². The number of hydrogen-bond donors (Lipinski definition) is 1. The summed E-state index contributed by atoms with van der Waals surface area (Å²) < 4.78 is 5.63. The molecule has 0 spiro atoms. The number of hydrogen-bond acceptors (Lipinski definition) is 3. The molecule has 0 aromatic rings. The Balaban J connectivity index is 0. The normalized spacial score (nSPS) is 11.8. The molecule has 0 aliphatic rings. The second kappa shape index (κ2) is 41.7. The van der Waals surface area contributed by atoms with Gasteiger partial charge in [-0.2, -0.15) is 0 Å². The Bertz CT molecular complexity index is 629. The zero-order valence-electron chi connectivity index (χ0n) is 31.7. The van der Waals surface area contributed by atoms with Crippen molar-refractivity contribution in [1.29, 1.82) is 0 Å². The van der Waals surface area contributed by atoms with Crippen LogP contribution in [0.1, 0.15) is 240 Å². The van der Waals surface area contributed by atoms with Gasteiger partial charge in [0.05, 0.1) is 0 Å². The van der Waals surface area contributed by atoms with Gasteiger partial charge in [0.25, 0.3) is 0 Å². The predicted molar refractivity (Wildman–Crippen MR) is 202 cm³/mol. The highest BCUT2D eigenvalue weighted by Gasteiger charge is 2.11. The Kier molecular flexibility index (Phi) is 42.4. The molecule has 0 aliphatic heterocycles. The van der Waals surface area contributed by atoms with E-state index >= 15 is 0 Å². The first-order chi connectivity index (χ1) is 22.5. The van der Waals surface area contributed by atoms with Crippen LogP contribution in [0.5, 0.6) is 0 Å². The minimum absolute atomic E-state index is 0.0260. The summed E-state index contributed by atoms with van der Waals surface area (Å²) in [5.41, 5.74) is 0. The molecule has 0 amide bonds. The van der Waals surface area contributed by atoms with Crippen molar-refractivity contribution >= 4 is 11.9 Å². The molecule has 1 N–H and O–H groups in total. The minimum Gasteiger partial charge on any atom is -0.481 e. The Morgan fingerprint density at radius 3 is 1.24 bits per heavy atom. The summed E-state index contributed by atoms with van der Waals surface area (Å²) in [6.07, 6.45) is 45.1. The zero-order chi connectivity index (χ0) is 34.2. The topological polar surface area (TPSA) is 63.6 Å². The lowest BCUT2D eigenvalue weighted by atomic mass is 10.0. The van der Waals surface area contributed by atoms with Gasteiger partial charge in [-0.15, -0.1) is 0 Å². The molecule has 1 atom stereocenters. The van der Waals surface area contributed by atoms with Crippen LogP contribution in [-0.4, -0.2) is 23.1 Å². The lowest BCUT2D eigenvalue weighted by molar-refractivity contribution is -0.149. The molecule has 4 nitrogen and oxygen atoms in total. The maximum atomic E-state index is 12.0. The first-order valence-corrected chi connectivity index (χ1v) is 20.6. The van der Waals surface area contributed by atoms with Crippen LogP contribution in [0.4, 0.5) is 0 Å². The molecule has 0 saturated heterocycles. The summed E-state index contributed by atoms with van der Waals surface area (Å²) in [5.74, 6) is -0.640. The van der Waals surface area contributed by atoms with Crippen molar-refractivity contribution in [2.75, 3.05) is 0 Å². The second-order valence-corrected chi connectivity index (χ2v) is 13.7. The standard InChI is InChI=1S/C26H52O2.C16H30O2/c1-4-7-9-10-11-12-13-14-15-16-17-18-19-20-22-24-26(27)28-25(6-3)23-21-8-5-2;1-2-3-4-5-6-7-8-9-10-11-12-13-14-15-16(17)18/h25H,4-24H2,1-3H3;7-8H,2-6,9-15H2,1H3,(H,17,18)/b;8-7-. The molecule has 0 radical (unpaired) electrons. The highest BCUT2D eigenvalue weighted by molar-refractivity contribution is 5.69. The van der Waals surface area contributed by atoms with Crippen molar-refractivity contribution < 1.29 is 19.4 Å². The SMILES string of the molecule is CCCCCC/C=C\CCCCCCCC(=O)O.CCCCCCCCCCCCCCCCCC(=O)OC(CC)CCCCC. The van der Waals surface area contributed by atoms with Crippen LogP contribution in [0, 0.1) is 0 Å². The van der Waals surface area contributed by atoms with Gasteiger partial charge in [-0.25, -0.2) is 0 Å². The Morgan fingerprint density at radius 2 is 0.826 bits per heavy atom. The molecule has 0 aliphatic carbocycles. The quantitative estimate of drug-likeness (QED) is 0.0421. The lowest BCUT2D eigenvalue weighted by Crippen LogP contribution is -2.17. The third-order valence-electron chi connectivity index (χ3n) is 9.02. The first kappa shape index (κ1) is 46.8. The van der Waals surface area contributed by atoms with E-state index in [4.69, 9.17) is 9.84 Å². The molecule has 0 rings (SSSR count). The first-order valence-electron chi connectivity index (χ1n) is 20.6. The van der Waals surface area contributed by atoms with E-state index in [0.29, 0.717) is 12.8 Å². The molecular formula is C42H82O4. The van der Waals surface area contributed by atoms with E-state index < -0.39 is 5.97 Å². The van der Waals surface area contributed by atoms with E-state index in [1.807, 2.05) is 0 Å². The molecule has 0 heterocycles. The van der Waals surface area contributed by atoms with Crippen LogP contribution in [0.2, 0.25) is 0 Å². The van der Waals surface area contributed by atoms with Crippen molar-refractivity contribution in [2.24, 2.45) is 0 Å². The minimum atomic E-state index is -0.666. The Hall–Kier alpha value is -1.32. The molecule has 0 aromatic heterocycles. The molecular weight excluding hydrogens is 568 g/mol. The van der Waals surface area contributed by atoms with E-state index in [2.05, 4.69) is 39.8 Å². The second-order valence-electron chi connectivity index (χ2n) is 13.7. The van der Waals surface area contributed by atoms with Gasteiger partial charge in [0.1, 0.15) is 6.10 Å². The Labute approximate surface area is 288 Å². The van der Waals surface area contributed by atoms with Crippen LogP contribution in [0.15, 0.2) is 12.2 Å². The number of allylic oxidation sites excluding steroid dienone is 2. The summed E-state index contributed by atoms with van der Waals surface area (Å²) in [4.78, 5) is 22.2. The van der Waals surface area contributed by atoms with Gasteiger partial charge in [0.15, 0.2) is 0 Å². The highest BCUT2D eigenvalue weighted by Crippen LogP contribution is 2.15. The van der Waals surface area contributed by atoms with E-state index in [1.165, 1.54) is 167 Å². The van der Waals surface area contributed by atoms with Crippen molar-refractivity contribution in [3.8, 4) is 0 Å². The van der Waals surface area contributed by atoms with Gasteiger partial charge in [-0.05, 0) is 57.8 Å². The number of carbonyl (C=O) groups excluding carboxylic acids is 1. The van der Waals surface area contributed by atoms with Gasteiger partial charge in [-0.3, -0.25) is 9.59 Å². The van der Waals surface area contributed by atoms with Crippen LogP contribution in [0.25, 0.3) is 0 Å². The van der Waals surface area contributed by atoms with Crippen molar-refractivity contribution in [2.45, 2.75) is 246 Å². The molecule has 0 bridgehead atoms. The van der Waals surface area contributed by atoms with E-state index in [9.17, 15) is 9.59 Å². The third kappa shape index (κ3) is 42.7. The average Bonchev–Trinajstić information content (AvgIpc) is 3.04. The fourth-order valence-corrected chi connectivity index (χ4v) is 5.85. The number of carbonyl (C=O) groups is 2. The van der Waals surface area contributed by atoms with E-state index in [-0.39, 0.29) is 12.1 Å². The molecule has 0 aromatic carbocycles. The lowest BCUT2D eigenvalue weighted by Gasteiger charge is -2.16. The third-order valence-corrected chi connectivity index (χ3v) is 9.02. The molecule has 0 fully saturated rings. The number of rotatable bonds is 35. The zero-order valence-corrected chi connectivity index (χ0v) is 31.7. The van der Waals surface area contributed by atoms with E-state index in [0.717, 1.165) is 32.1 Å². The fourth-order valence-electron chi connectivity index (χ4n) is 5.85. The van der Waals surface area contributed by atoms with Crippen molar-refractivity contribution in [3.63, 3.8) is 0 Å². The predicted octanol–water partition coefficient (Wildman–Crippen LogP) is 14.5. The van der Waals surface area contributed by atoms with Gasteiger partial charge in [0, 0.05) is 12.8 Å². The number of aliphatic carboxylic acids is 1. The summed E-state index contributed by atoms with van der Waals surface area (Å²) in [6, 6.07) is 0. The van der Waals surface area contributed by atoms with Crippen LogP contribution in [-0.2, 0) is 14.3 Å². The van der Waals surface area contributed by atoms with Crippen LogP contribution < -0.4 is 0 Å². The Morgan fingerprint density at radius 1 is 0.478 bits per heavy atom. The average molecular weight is 651 g/mol. The smallest absolute Gasteiger partial charge is 0.306 e. The van der Waals surface area contributed by atoms with Gasteiger partial charge in [0.2, 0.25) is 0 Å². The van der Waals surface area contributed by atoms with Crippen molar-refractivity contribution in [3.05, 3.63) is 12.2 Å². The maximum absolute atomic E-state index is 12.0. The molecule has 1 unspecified atom stereocenters. The number of ether oxygens (including phenoxy) is 1. The largest absolute Gasteiger partial charge is 0.481 e. The highest BCUT2D eigenvalue weighted by atomic mass is 16.5. The van der Waals surface area contributed by atoms with E-state index in [1.54, 1.807) is 0 Å². The van der Waals surface area contributed by atoms with Gasteiger partial charge >= 0.3 is 11.9 Å². The molecule has 274 valence electrons. The van der Waals surface area contributed by atoms with Crippen molar-refractivity contribution in [1.82, 2.24) is 0 Å². The summed E-state index contributed by atoms with van der Waals surface area (Å²) in [6.45, 7) is 8.86. The maximum Gasteiger partial charge on any atom is 0.306 e. The summed E-state index contributed by atoms with van der Waals surface area (Å²) in [7, 11) is 0. The summed E-state index contributed by atoms with van der Waals surface area (Å²) >= 11 is 0. The number of esters is 1. The van der Waals surface area contributed by atoms with Crippen LogP contribution in [0.3, 0.4) is 0 Å². The molecule has 46 heavy (non-hydrogen) atoms. The monoisotopic (exact) mass is 651 g/mol. The van der Waals surface area contributed by atoms with Crippen LogP contribution >= 0.6 is 0 Å². The molecule has 4 heteroatoms. The van der Waals surface area contributed by atoms with Gasteiger partial charge < -0.3 is 9.84 Å². The number of unbranched alkanes of at least 4 members (excludes halogenated alkanes) is 25. The fraction of sp³-hybridized carbons (Fsp3) is 0.905. The number of carboxylic acids is 1. The molecule has 0 saturated carbocycles. The summed E-state index contributed by atoms with van der Waals surface area (Å²) in [5, 5.41) is 8.48. The number of carboxylic acid groups (broad SMARTS) is 1.